The molecule has 0 atom stereocenters. The van der Waals surface area contributed by atoms with E-state index in [9.17, 15) is 0 Å². The van der Waals surface area contributed by atoms with Crippen LogP contribution in [0.3, 0.4) is 0 Å². The minimum Gasteiger partial charge on any atom is -0.360 e. The number of halogens is 1. The zero-order valence-corrected chi connectivity index (χ0v) is 9.75. The number of thiazole rings is 1. The van der Waals surface area contributed by atoms with Gasteiger partial charge in [0.1, 0.15) is 4.60 Å². The van der Waals surface area contributed by atoms with Crippen molar-refractivity contribution in [3.8, 4) is 0 Å². The number of anilines is 1. The lowest BCUT2D eigenvalue weighted by Gasteiger charge is -2.02. The first kappa shape index (κ1) is 9.67. The molecule has 1 N–H and O–H groups in total. The Morgan fingerprint density at radius 2 is 2.50 bits per heavy atom. The second-order valence-corrected chi connectivity index (χ2v) is 4.37. The van der Waals surface area contributed by atoms with Crippen molar-refractivity contribution in [1.82, 2.24) is 14.5 Å². The summed E-state index contributed by atoms with van der Waals surface area (Å²) in [5.41, 5.74) is 0. The molecule has 0 radical (unpaired) electrons. The SMILES string of the molecule is Brc1csc(NCCn2ccnc2)n1. The van der Waals surface area contributed by atoms with E-state index in [-0.39, 0.29) is 0 Å². The number of nitrogens with zero attached hydrogens (tertiary/aromatic N) is 3. The van der Waals surface area contributed by atoms with Gasteiger partial charge in [0.05, 0.1) is 6.33 Å². The van der Waals surface area contributed by atoms with Crippen LogP contribution in [-0.2, 0) is 6.54 Å². The molecule has 0 spiro atoms. The van der Waals surface area contributed by atoms with Gasteiger partial charge < -0.3 is 9.88 Å². The summed E-state index contributed by atoms with van der Waals surface area (Å²) < 4.78 is 2.91. The number of aromatic nitrogens is 3. The van der Waals surface area contributed by atoms with Crippen LogP contribution in [0.2, 0.25) is 0 Å². The van der Waals surface area contributed by atoms with Gasteiger partial charge in [0.15, 0.2) is 5.13 Å². The van der Waals surface area contributed by atoms with Gasteiger partial charge in [-0.15, -0.1) is 11.3 Å². The maximum Gasteiger partial charge on any atom is 0.183 e. The monoisotopic (exact) mass is 272 g/mol. The predicted octanol–water partition coefficient (Wildman–Crippen LogP) is 2.21. The lowest BCUT2D eigenvalue weighted by Crippen LogP contribution is -2.08. The van der Waals surface area contributed by atoms with E-state index < -0.39 is 0 Å². The molecule has 4 nitrogen and oxygen atoms in total. The molecule has 2 heterocycles. The largest absolute Gasteiger partial charge is 0.360 e. The third-order valence-electron chi connectivity index (χ3n) is 1.68. The van der Waals surface area contributed by atoms with Crippen molar-refractivity contribution in [1.29, 1.82) is 0 Å². The Labute approximate surface area is 94.1 Å². The Morgan fingerprint density at radius 3 is 3.14 bits per heavy atom. The first-order valence-corrected chi connectivity index (χ1v) is 5.82. The maximum atomic E-state index is 4.23. The molecule has 2 rings (SSSR count). The predicted molar refractivity (Wildman–Crippen MR) is 60.5 cm³/mol. The highest BCUT2D eigenvalue weighted by atomic mass is 79.9. The molecule has 0 fully saturated rings. The number of rotatable bonds is 4. The molecule has 0 aliphatic carbocycles. The van der Waals surface area contributed by atoms with Crippen LogP contribution in [0.5, 0.6) is 0 Å². The van der Waals surface area contributed by atoms with Crippen molar-refractivity contribution in [2.24, 2.45) is 0 Å². The summed E-state index contributed by atoms with van der Waals surface area (Å²) in [5, 5.41) is 6.13. The maximum absolute atomic E-state index is 4.23. The van der Waals surface area contributed by atoms with Crippen LogP contribution in [0.25, 0.3) is 0 Å². The molecule has 0 aliphatic rings. The highest BCUT2D eigenvalue weighted by Crippen LogP contribution is 2.18. The summed E-state index contributed by atoms with van der Waals surface area (Å²) >= 11 is 4.90. The molecule has 0 bridgehead atoms. The van der Waals surface area contributed by atoms with Gasteiger partial charge in [-0.2, -0.15) is 0 Å². The van der Waals surface area contributed by atoms with Crippen molar-refractivity contribution < 1.29 is 0 Å². The fraction of sp³-hybridized carbons (Fsp3) is 0.250. The number of nitrogens with one attached hydrogen (secondary N) is 1. The third-order valence-corrected chi connectivity index (χ3v) is 3.19. The first-order valence-electron chi connectivity index (χ1n) is 4.15. The Balaban J connectivity index is 1.78. The minimum atomic E-state index is 0.857. The zero-order chi connectivity index (χ0) is 9.80. The van der Waals surface area contributed by atoms with E-state index in [0.717, 1.165) is 22.8 Å². The molecule has 2 aromatic heterocycles. The van der Waals surface area contributed by atoms with E-state index in [2.05, 4.69) is 31.2 Å². The van der Waals surface area contributed by atoms with Crippen molar-refractivity contribution in [3.05, 3.63) is 28.7 Å². The molecule has 0 aliphatic heterocycles. The summed E-state index contributed by atoms with van der Waals surface area (Å²) in [6.07, 6.45) is 5.53. The first-order chi connectivity index (χ1) is 6.84. The van der Waals surface area contributed by atoms with Crippen molar-refractivity contribution >= 4 is 32.4 Å². The highest BCUT2D eigenvalue weighted by molar-refractivity contribution is 9.10. The van der Waals surface area contributed by atoms with E-state index >= 15 is 0 Å². The van der Waals surface area contributed by atoms with Gasteiger partial charge in [-0.25, -0.2) is 9.97 Å². The van der Waals surface area contributed by atoms with Crippen molar-refractivity contribution in [2.45, 2.75) is 6.54 Å². The molecule has 2 aromatic rings. The highest BCUT2D eigenvalue weighted by Gasteiger charge is 1.97. The molecule has 0 saturated carbocycles. The zero-order valence-electron chi connectivity index (χ0n) is 7.35. The van der Waals surface area contributed by atoms with Gasteiger partial charge in [-0.05, 0) is 15.9 Å². The third kappa shape index (κ3) is 2.55. The van der Waals surface area contributed by atoms with Crippen LogP contribution >= 0.6 is 27.3 Å². The summed E-state index contributed by atoms with van der Waals surface area (Å²) in [5.74, 6) is 0. The van der Waals surface area contributed by atoms with Gasteiger partial charge in [0.2, 0.25) is 0 Å². The van der Waals surface area contributed by atoms with Gasteiger partial charge in [-0.3, -0.25) is 0 Å². The Hall–Kier alpha value is -0.880. The van der Waals surface area contributed by atoms with Crippen LogP contribution in [0.4, 0.5) is 5.13 Å². The lowest BCUT2D eigenvalue weighted by atomic mass is 10.6. The molecule has 6 heteroatoms. The normalized spacial score (nSPS) is 10.4. The fourth-order valence-electron chi connectivity index (χ4n) is 1.05. The summed E-state index contributed by atoms with van der Waals surface area (Å²) in [7, 11) is 0. The number of hydrogen-bond donors (Lipinski definition) is 1. The van der Waals surface area contributed by atoms with Gasteiger partial charge in [0.25, 0.3) is 0 Å². The van der Waals surface area contributed by atoms with E-state index in [1.54, 1.807) is 23.9 Å². The molecule has 74 valence electrons. The van der Waals surface area contributed by atoms with Gasteiger partial charge in [0, 0.05) is 30.9 Å². The number of imidazole rings is 1. The van der Waals surface area contributed by atoms with E-state index in [1.807, 2.05) is 16.1 Å². The van der Waals surface area contributed by atoms with E-state index in [1.165, 1.54) is 0 Å². The van der Waals surface area contributed by atoms with Gasteiger partial charge >= 0.3 is 0 Å². The molecule has 0 unspecified atom stereocenters. The quantitative estimate of drug-likeness (QED) is 0.928. The summed E-state index contributed by atoms with van der Waals surface area (Å²) in [6, 6.07) is 0. The standard InChI is InChI=1S/C8H9BrN4S/c9-7-5-14-8(12-7)11-2-4-13-3-1-10-6-13/h1,3,5-6H,2,4H2,(H,11,12). The second kappa shape index (κ2) is 4.56. The fourth-order valence-corrected chi connectivity index (χ4v) is 2.22. The van der Waals surface area contributed by atoms with E-state index in [0.29, 0.717) is 0 Å². The summed E-state index contributed by atoms with van der Waals surface area (Å²) in [4.78, 5) is 8.20. The van der Waals surface area contributed by atoms with Crippen LogP contribution in [0.15, 0.2) is 28.7 Å². The molecule has 14 heavy (non-hydrogen) atoms. The van der Waals surface area contributed by atoms with Crippen molar-refractivity contribution in [2.75, 3.05) is 11.9 Å². The Kier molecular flexibility index (Phi) is 3.15. The smallest absolute Gasteiger partial charge is 0.183 e. The van der Waals surface area contributed by atoms with E-state index in [4.69, 9.17) is 0 Å². The molecule has 0 aromatic carbocycles. The topological polar surface area (TPSA) is 42.7 Å². The lowest BCUT2D eigenvalue weighted by molar-refractivity contribution is 0.726. The van der Waals surface area contributed by atoms with Gasteiger partial charge in [-0.1, -0.05) is 0 Å². The minimum absolute atomic E-state index is 0.857. The Morgan fingerprint density at radius 1 is 1.57 bits per heavy atom. The second-order valence-electron chi connectivity index (χ2n) is 2.70. The van der Waals surface area contributed by atoms with Crippen LogP contribution < -0.4 is 5.32 Å². The van der Waals surface area contributed by atoms with Crippen LogP contribution in [0, 0.1) is 0 Å². The van der Waals surface area contributed by atoms with Crippen molar-refractivity contribution in [3.63, 3.8) is 0 Å². The van der Waals surface area contributed by atoms with Crippen LogP contribution in [0.1, 0.15) is 0 Å². The average molecular weight is 273 g/mol. The molecule has 0 amide bonds. The number of hydrogen-bond acceptors (Lipinski definition) is 4. The molecule has 0 saturated heterocycles. The Bertz CT molecular complexity index is 384. The molecular formula is C8H9BrN4S. The average Bonchev–Trinajstić information content (AvgIpc) is 2.77. The van der Waals surface area contributed by atoms with Crippen LogP contribution in [-0.4, -0.2) is 21.1 Å². The summed E-state index contributed by atoms with van der Waals surface area (Å²) in [6.45, 7) is 1.76. The molecular weight excluding hydrogens is 264 g/mol.